The van der Waals surface area contributed by atoms with Gasteiger partial charge in [0, 0.05) is 5.75 Å². The molecule has 0 saturated carbocycles. The largest absolute Gasteiger partial charge is 1.00 e. The Morgan fingerprint density at radius 2 is 2.21 bits per heavy atom. The third-order valence-electron chi connectivity index (χ3n) is 4.45. The molecule has 4 rings (SSSR count). The summed E-state index contributed by atoms with van der Waals surface area (Å²) < 4.78 is 1.95. The van der Waals surface area contributed by atoms with Crippen LogP contribution in [0.5, 0.6) is 0 Å². The fourth-order valence-electron chi connectivity index (χ4n) is 3.26. The summed E-state index contributed by atoms with van der Waals surface area (Å²) in [5.74, 6) is -1.91. The average molecular weight is 444 g/mol. The Hall–Kier alpha value is -1.87. The number of nitrogens with zero attached hydrogens (tertiary/aromatic N) is 7. The van der Waals surface area contributed by atoms with Crippen LogP contribution in [0.4, 0.5) is 0 Å². The van der Waals surface area contributed by atoms with Crippen molar-refractivity contribution in [3.8, 4) is 0 Å². The van der Waals surface area contributed by atoms with Gasteiger partial charge in [-0.05, 0) is 28.8 Å². The normalized spacial score (nSPS) is 20.6. The average Bonchev–Trinajstić information content (AvgIpc) is 3.37. The van der Waals surface area contributed by atoms with Crippen molar-refractivity contribution >= 4 is 40.9 Å². The molecule has 2 aliphatic heterocycles. The number of tetrazole rings is 1. The molecule has 15 heteroatoms. The van der Waals surface area contributed by atoms with Gasteiger partial charge in [-0.1, -0.05) is 23.1 Å². The summed E-state index contributed by atoms with van der Waals surface area (Å²) in [6.45, 7) is -0.129. The van der Waals surface area contributed by atoms with Crippen LogP contribution in [-0.4, -0.2) is 70.9 Å². The molecule has 2 amide bonds. The second-order valence-electron chi connectivity index (χ2n) is 6.10. The van der Waals surface area contributed by atoms with Crippen LogP contribution in [0.15, 0.2) is 27.4 Å². The van der Waals surface area contributed by atoms with E-state index < -0.39 is 29.9 Å². The molecule has 4 heterocycles. The van der Waals surface area contributed by atoms with Gasteiger partial charge in [0.15, 0.2) is 4.34 Å². The molecule has 2 aromatic heterocycles. The number of nitrogens with one attached hydrogen (secondary N) is 1. The van der Waals surface area contributed by atoms with Crippen LogP contribution in [0.25, 0.3) is 0 Å². The summed E-state index contributed by atoms with van der Waals surface area (Å²) in [6, 6.07) is -1.18. The van der Waals surface area contributed by atoms with Crippen molar-refractivity contribution < 1.29 is 49.0 Å². The monoisotopic (exact) mass is 444 g/mol. The molecule has 12 nitrogen and oxygen atoms in total. The Balaban J connectivity index is 0.00000240. The molecule has 146 valence electrons. The minimum absolute atomic E-state index is 0. The van der Waals surface area contributed by atoms with Gasteiger partial charge in [0.1, 0.15) is 24.4 Å². The van der Waals surface area contributed by atoms with Crippen molar-refractivity contribution in [2.24, 2.45) is 0 Å². The second kappa shape index (κ2) is 9.30. The molecule has 0 aromatic carbocycles. The van der Waals surface area contributed by atoms with Gasteiger partial charge in [0.05, 0.1) is 17.7 Å². The standard InChI is InChI=1S/C14H14N8O4S2.Na/c23-9(3-21-5-15-19-20-21)17-10-8-2-1-7(4-27-14-18-16-6-28-14)11(13(25)26)22(8)12(10)24;/h5-6,8,10H,1-4H2,(H,17,23)(H,25,26);/q;+1/p-1/t8-,10+;/m1./s1. The number of rotatable bonds is 7. The first-order chi connectivity index (χ1) is 13.5. The van der Waals surface area contributed by atoms with Crippen molar-refractivity contribution in [2.45, 2.75) is 35.8 Å². The predicted octanol–water partition coefficient (Wildman–Crippen LogP) is -5.19. The number of aromatic nitrogens is 6. The third-order valence-corrected chi connectivity index (χ3v) is 6.40. The van der Waals surface area contributed by atoms with E-state index in [1.807, 2.05) is 0 Å². The molecule has 2 aliphatic rings. The number of fused-ring (bicyclic) bond motifs is 1. The van der Waals surface area contributed by atoms with Crippen molar-refractivity contribution in [3.05, 3.63) is 23.1 Å². The maximum atomic E-state index is 12.5. The second-order valence-corrected chi connectivity index (χ2v) is 8.16. The van der Waals surface area contributed by atoms with Crippen LogP contribution < -0.4 is 40.0 Å². The van der Waals surface area contributed by atoms with E-state index in [0.29, 0.717) is 24.2 Å². The predicted molar refractivity (Wildman–Crippen MR) is 92.3 cm³/mol. The van der Waals surface area contributed by atoms with Gasteiger partial charge in [-0.3, -0.25) is 9.59 Å². The summed E-state index contributed by atoms with van der Waals surface area (Å²) in [4.78, 5) is 37.5. The van der Waals surface area contributed by atoms with Crippen LogP contribution >= 0.6 is 23.1 Å². The number of hydrogen-bond donors (Lipinski definition) is 1. The number of carbonyl (C=O) groups is 3. The topological polar surface area (TPSA) is 159 Å². The molecule has 0 unspecified atom stereocenters. The summed E-state index contributed by atoms with van der Waals surface area (Å²) in [6.07, 6.45) is 2.32. The molecule has 2 atom stereocenters. The van der Waals surface area contributed by atoms with Gasteiger partial charge in [-0.25, -0.2) is 4.68 Å². The van der Waals surface area contributed by atoms with E-state index in [0.717, 1.165) is 4.34 Å². The molecule has 1 fully saturated rings. The van der Waals surface area contributed by atoms with E-state index in [1.54, 1.807) is 5.51 Å². The van der Waals surface area contributed by atoms with Crippen LogP contribution in [0.2, 0.25) is 0 Å². The maximum Gasteiger partial charge on any atom is 1.00 e. The zero-order valence-corrected chi connectivity index (χ0v) is 18.9. The molecule has 1 saturated heterocycles. The van der Waals surface area contributed by atoms with Gasteiger partial charge in [-0.2, -0.15) is 0 Å². The first-order valence-electron chi connectivity index (χ1n) is 8.20. The Morgan fingerprint density at radius 1 is 1.38 bits per heavy atom. The maximum absolute atomic E-state index is 12.5. The first kappa shape index (κ1) is 21.8. The summed E-state index contributed by atoms with van der Waals surface area (Å²) >= 11 is 2.72. The van der Waals surface area contributed by atoms with Crippen molar-refractivity contribution in [1.82, 2.24) is 40.6 Å². The van der Waals surface area contributed by atoms with Gasteiger partial charge in [-0.15, -0.1) is 15.3 Å². The van der Waals surface area contributed by atoms with E-state index in [4.69, 9.17) is 0 Å². The summed E-state index contributed by atoms with van der Waals surface area (Å²) in [5.41, 5.74) is 2.10. The van der Waals surface area contributed by atoms with E-state index in [2.05, 4.69) is 31.0 Å². The van der Waals surface area contributed by atoms with E-state index in [-0.39, 0.29) is 41.8 Å². The number of hydrogen-bond acceptors (Lipinski definition) is 11. The van der Waals surface area contributed by atoms with Crippen LogP contribution in [0.1, 0.15) is 12.8 Å². The minimum Gasteiger partial charge on any atom is -0.543 e. The fourth-order valence-corrected chi connectivity index (χ4v) is 4.80. The molecule has 29 heavy (non-hydrogen) atoms. The van der Waals surface area contributed by atoms with Crippen LogP contribution in [0.3, 0.4) is 0 Å². The van der Waals surface area contributed by atoms with Gasteiger partial charge in [0.2, 0.25) is 5.91 Å². The molecular weight excluding hydrogens is 431 g/mol. The smallest absolute Gasteiger partial charge is 0.543 e. The fraction of sp³-hybridized carbons (Fsp3) is 0.429. The first-order valence-corrected chi connectivity index (χ1v) is 10.1. The number of aliphatic carboxylic acids is 1. The number of β-lactam (4-membered cyclic amide) rings is 1. The zero-order valence-electron chi connectivity index (χ0n) is 15.2. The summed E-state index contributed by atoms with van der Waals surface area (Å²) in [7, 11) is 0. The van der Waals surface area contributed by atoms with Gasteiger partial charge < -0.3 is 20.1 Å². The Kier molecular flexibility index (Phi) is 7.00. The van der Waals surface area contributed by atoms with Gasteiger partial charge in [0.25, 0.3) is 5.91 Å². The molecule has 0 spiro atoms. The molecule has 0 radical (unpaired) electrons. The Morgan fingerprint density at radius 3 is 2.86 bits per heavy atom. The van der Waals surface area contributed by atoms with Crippen molar-refractivity contribution in [1.29, 1.82) is 0 Å². The van der Waals surface area contributed by atoms with Gasteiger partial charge >= 0.3 is 29.6 Å². The molecule has 1 N–H and O–H groups in total. The molecule has 0 aliphatic carbocycles. The number of carbonyl (C=O) groups excluding carboxylic acids is 3. The SMILES string of the molecule is O=C(Cn1cnnn1)N[C@@H]1C(=O)N2C(C(=O)[O-])=C(CSc3nncs3)CC[C@H]12.[Na+]. The summed E-state index contributed by atoms with van der Waals surface area (Å²) in [5, 5.41) is 32.4. The third kappa shape index (κ3) is 4.50. The number of thioether (sulfide) groups is 1. The van der Waals surface area contributed by atoms with Crippen molar-refractivity contribution in [3.63, 3.8) is 0 Å². The van der Waals surface area contributed by atoms with E-state index in [9.17, 15) is 19.5 Å². The number of carboxylic acid groups (broad SMARTS) is 1. The van der Waals surface area contributed by atoms with Crippen LogP contribution in [-0.2, 0) is 20.9 Å². The molecular formula is C14H13N8NaO4S2. The minimum atomic E-state index is -1.40. The zero-order chi connectivity index (χ0) is 19.7. The van der Waals surface area contributed by atoms with Crippen LogP contribution in [0, 0.1) is 0 Å². The van der Waals surface area contributed by atoms with E-state index >= 15 is 0 Å². The molecule has 2 aromatic rings. The Labute approximate surface area is 194 Å². The number of amides is 2. The van der Waals surface area contributed by atoms with E-state index in [1.165, 1.54) is 39.0 Å². The quantitative estimate of drug-likeness (QED) is 0.248. The molecule has 0 bridgehead atoms. The Bertz CT molecular complexity index is 936. The number of carboxylic acids is 1. The van der Waals surface area contributed by atoms with Crippen molar-refractivity contribution in [2.75, 3.05) is 5.75 Å².